The molecule has 0 saturated heterocycles. The number of rotatable bonds is 0. The first kappa shape index (κ1) is 13.7. The number of phenols is 1. The molecule has 2 aromatic rings. The minimum absolute atomic E-state index is 0.392. The number of fused-ring (bicyclic) bond motifs is 1. The van der Waals surface area contributed by atoms with Crippen LogP contribution in [0.2, 0.25) is 0 Å². The lowest BCUT2D eigenvalue weighted by atomic mass is 10.0. The summed E-state index contributed by atoms with van der Waals surface area (Å²) in [6.45, 7) is 5.99. The van der Waals surface area contributed by atoms with Gasteiger partial charge in [-0.1, -0.05) is 30.3 Å². The highest BCUT2D eigenvalue weighted by molar-refractivity contribution is 5.41. The van der Waals surface area contributed by atoms with Crippen LogP contribution in [0.5, 0.6) is 5.75 Å². The van der Waals surface area contributed by atoms with Gasteiger partial charge in [-0.25, -0.2) is 0 Å². The van der Waals surface area contributed by atoms with Gasteiger partial charge >= 0.3 is 0 Å². The number of phenolic OH excluding ortho intramolecular Hbond substituents is 1. The molecule has 1 aliphatic rings. The molecular formula is C18H22O. The van der Waals surface area contributed by atoms with Crippen molar-refractivity contribution in [2.75, 3.05) is 0 Å². The van der Waals surface area contributed by atoms with Crippen LogP contribution in [0.25, 0.3) is 0 Å². The van der Waals surface area contributed by atoms with Crippen LogP contribution in [0.15, 0.2) is 36.4 Å². The smallest absolute Gasteiger partial charge is 0.118 e. The van der Waals surface area contributed by atoms with Gasteiger partial charge in [-0.15, -0.1) is 0 Å². The predicted octanol–water partition coefficient (Wildman–Crippen LogP) is 4.49. The van der Waals surface area contributed by atoms with Crippen molar-refractivity contribution in [3.8, 4) is 5.75 Å². The summed E-state index contributed by atoms with van der Waals surface area (Å²) >= 11 is 0. The fourth-order valence-corrected chi connectivity index (χ4v) is 2.46. The Hall–Kier alpha value is -1.76. The molecule has 1 aliphatic carbocycles. The van der Waals surface area contributed by atoms with Gasteiger partial charge in [0, 0.05) is 0 Å². The zero-order valence-corrected chi connectivity index (χ0v) is 12.0. The fraction of sp³-hybridized carbons (Fsp3) is 0.333. The molecule has 0 atom stereocenters. The summed E-state index contributed by atoms with van der Waals surface area (Å²) in [5.41, 5.74) is 6.53. The summed E-state index contributed by atoms with van der Waals surface area (Å²) in [6, 6.07) is 12.4. The average Bonchev–Trinajstić information content (AvgIpc) is 2.90. The predicted molar refractivity (Wildman–Crippen MR) is 80.8 cm³/mol. The average molecular weight is 254 g/mol. The highest BCUT2D eigenvalue weighted by Crippen LogP contribution is 2.21. The van der Waals surface area contributed by atoms with Crippen molar-refractivity contribution in [2.45, 2.75) is 40.0 Å². The van der Waals surface area contributed by atoms with Gasteiger partial charge in [0.25, 0.3) is 0 Å². The Morgan fingerprint density at radius 2 is 1.37 bits per heavy atom. The molecule has 0 heterocycles. The van der Waals surface area contributed by atoms with E-state index in [0.29, 0.717) is 5.75 Å². The Labute approximate surface area is 115 Å². The molecule has 0 fully saturated rings. The van der Waals surface area contributed by atoms with E-state index in [-0.39, 0.29) is 0 Å². The Balaban J connectivity index is 0.000000141. The van der Waals surface area contributed by atoms with E-state index in [1.54, 1.807) is 17.2 Å². The van der Waals surface area contributed by atoms with Gasteiger partial charge in [-0.3, -0.25) is 0 Å². The molecule has 1 nitrogen and oxygen atoms in total. The van der Waals surface area contributed by atoms with Gasteiger partial charge in [-0.2, -0.15) is 0 Å². The zero-order valence-electron chi connectivity index (χ0n) is 12.0. The molecule has 0 aromatic heterocycles. The van der Waals surface area contributed by atoms with Crippen molar-refractivity contribution in [2.24, 2.45) is 0 Å². The summed E-state index contributed by atoms with van der Waals surface area (Å²) in [5.74, 6) is 0.392. The summed E-state index contributed by atoms with van der Waals surface area (Å²) in [4.78, 5) is 0. The van der Waals surface area contributed by atoms with Crippen LogP contribution < -0.4 is 0 Å². The molecule has 0 radical (unpaired) electrons. The third-order valence-electron chi connectivity index (χ3n) is 4.04. The Morgan fingerprint density at radius 3 is 1.89 bits per heavy atom. The van der Waals surface area contributed by atoms with Gasteiger partial charge in [0.15, 0.2) is 0 Å². The Kier molecular flexibility index (Phi) is 4.26. The molecule has 0 spiro atoms. The van der Waals surface area contributed by atoms with Crippen LogP contribution in [-0.4, -0.2) is 5.11 Å². The van der Waals surface area contributed by atoms with E-state index in [9.17, 15) is 5.11 Å². The molecule has 0 bridgehead atoms. The van der Waals surface area contributed by atoms with Crippen LogP contribution in [0.1, 0.15) is 34.2 Å². The third kappa shape index (κ3) is 3.17. The second-order valence-electron chi connectivity index (χ2n) is 5.27. The van der Waals surface area contributed by atoms with Gasteiger partial charge in [-0.05, 0) is 73.9 Å². The number of hydrogen-bond acceptors (Lipinski definition) is 1. The SMILES string of the molecule is Cc1ccc(O)c(C)c1C.c1ccc2c(c1)CCC2. The molecule has 0 aliphatic heterocycles. The molecule has 2 aromatic carbocycles. The van der Waals surface area contributed by atoms with Crippen molar-refractivity contribution < 1.29 is 5.11 Å². The van der Waals surface area contributed by atoms with Crippen LogP contribution in [0, 0.1) is 20.8 Å². The highest BCUT2D eigenvalue weighted by atomic mass is 16.3. The molecule has 100 valence electrons. The highest BCUT2D eigenvalue weighted by Gasteiger charge is 2.07. The van der Waals surface area contributed by atoms with Crippen LogP contribution in [0.3, 0.4) is 0 Å². The van der Waals surface area contributed by atoms with Crippen molar-refractivity contribution in [1.29, 1.82) is 0 Å². The van der Waals surface area contributed by atoms with E-state index >= 15 is 0 Å². The molecule has 0 unspecified atom stereocenters. The fourth-order valence-electron chi connectivity index (χ4n) is 2.46. The van der Waals surface area contributed by atoms with E-state index in [4.69, 9.17) is 0 Å². The first-order valence-corrected chi connectivity index (χ1v) is 6.92. The molecule has 19 heavy (non-hydrogen) atoms. The molecule has 0 saturated carbocycles. The van der Waals surface area contributed by atoms with Crippen molar-refractivity contribution >= 4 is 0 Å². The van der Waals surface area contributed by atoms with Crippen LogP contribution in [0.4, 0.5) is 0 Å². The number of benzene rings is 2. The number of aryl methyl sites for hydroxylation is 3. The first-order chi connectivity index (χ1) is 9.09. The summed E-state index contributed by atoms with van der Waals surface area (Å²) in [5, 5.41) is 9.22. The van der Waals surface area contributed by atoms with E-state index in [2.05, 4.69) is 24.3 Å². The van der Waals surface area contributed by atoms with E-state index in [0.717, 1.165) is 5.56 Å². The summed E-state index contributed by atoms with van der Waals surface area (Å²) in [7, 11) is 0. The van der Waals surface area contributed by atoms with Gasteiger partial charge < -0.3 is 5.11 Å². The van der Waals surface area contributed by atoms with E-state index in [1.165, 1.54) is 30.4 Å². The molecule has 0 amide bonds. The quantitative estimate of drug-likeness (QED) is 0.734. The molecule has 1 N–H and O–H groups in total. The lowest BCUT2D eigenvalue weighted by Crippen LogP contribution is -1.85. The second-order valence-corrected chi connectivity index (χ2v) is 5.27. The Bertz CT molecular complexity index is 520. The monoisotopic (exact) mass is 254 g/mol. The Morgan fingerprint density at radius 1 is 0.789 bits per heavy atom. The van der Waals surface area contributed by atoms with Gasteiger partial charge in [0.2, 0.25) is 0 Å². The van der Waals surface area contributed by atoms with Crippen LogP contribution in [-0.2, 0) is 12.8 Å². The van der Waals surface area contributed by atoms with Gasteiger partial charge in [0.1, 0.15) is 5.75 Å². The molecule has 3 rings (SSSR count). The van der Waals surface area contributed by atoms with Crippen molar-refractivity contribution in [3.63, 3.8) is 0 Å². The molecule has 1 heteroatoms. The van der Waals surface area contributed by atoms with Crippen molar-refractivity contribution in [1.82, 2.24) is 0 Å². The summed E-state index contributed by atoms with van der Waals surface area (Å²) in [6.07, 6.45) is 3.96. The second kappa shape index (κ2) is 5.92. The standard InChI is InChI=1S/C9H12O.C9H10/c1-6-4-5-9(10)8(3)7(6)2;1-2-5-9-7-3-6-8(9)4-1/h4-5,10H,1-3H3;1-2,4-5H,3,6-7H2. The largest absolute Gasteiger partial charge is 0.508 e. The van der Waals surface area contributed by atoms with E-state index < -0.39 is 0 Å². The topological polar surface area (TPSA) is 20.2 Å². The minimum Gasteiger partial charge on any atom is -0.508 e. The number of hydrogen-bond donors (Lipinski definition) is 1. The lowest BCUT2D eigenvalue weighted by Gasteiger charge is -2.04. The first-order valence-electron chi connectivity index (χ1n) is 6.92. The normalized spacial score (nSPS) is 12.6. The summed E-state index contributed by atoms with van der Waals surface area (Å²) < 4.78 is 0. The minimum atomic E-state index is 0.392. The third-order valence-corrected chi connectivity index (χ3v) is 4.04. The maximum atomic E-state index is 9.22. The maximum Gasteiger partial charge on any atom is 0.118 e. The van der Waals surface area contributed by atoms with Crippen LogP contribution >= 0.6 is 0 Å². The lowest BCUT2D eigenvalue weighted by molar-refractivity contribution is 0.470. The molecular weight excluding hydrogens is 232 g/mol. The zero-order chi connectivity index (χ0) is 13.8. The van der Waals surface area contributed by atoms with Gasteiger partial charge in [0.05, 0.1) is 0 Å². The maximum absolute atomic E-state index is 9.22. The number of aromatic hydroxyl groups is 1. The van der Waals surface area contributed by atoms with Crippen molar-refractivity contribution in [3.05, 3.63) is 64.2 Å². The van der Waals surface area contributed by atoms with E-state index in [1.807, 2.05) is 26.8 Å².